The number of fused-ring (bicyclic) bond motifs is 1. The molecule has 0 aliphatic carbocycles. The van der Waals surface area contributed by atoms with Crippen LogP contribution in [0.3, 0.4) is 0 Å². The lowest BCUT2D eigenvalue weighted by atomic mass is 10.2. The first-order chi connectivity index (χ1) is 8.26. The Morgan fingerprint density at radius 3 is 2.88 bits per heavy atom. The molecule has 0 saturated heterocycles. The van der Waals surface area contributed by atoms with Gasteiger partial charge in [-0.1, -0.05) is 0 Å². The van der Waals surface area contributed by atoms with Crippen LogP contribution in [0.4, 0.5) is 5.82 Å². The third kappa shape index (κ3) is 2.72. The smallest absolute Gasteiger partial charge is 0.159 e. The lowest BCUT2D eigenvalue weighted by Gasteiger charge is -2.14. The molecule has 0 aromatic carbocycles. The Kier molecular flexibility index (Phi) is 4.23. The molecule has 0 fully saturated rings. The van der Waals surface area contributed by atoms with E-state index in [9.17, 15) is 0 Å². The number of nitrogens with one attached hydrogen (secondary N) is 1. The number of ether oxygens (including phenoxy) is 1. The molecule has 0 saturated carbocycles. The highest BCUT2D eigenvalue weighted by Crippen LogP contribution is 2.33. The van der Waals surface area contributed by atoms with Gasteiger partial charge in [-0.15, -0.1) is 0 Å². The molecule has 1 unspecified atom stereocenters. The Morgan fingerprint density at radius 2 is 2.18 bits per heavy atom. The summed E-state index contributed by atoms with van der Waals surface area (Å²) in [5, 5.41) is 3.33. The number of hydrogen-bond donors (Lipinski definition) is 1. The highest BCUT2D eigenvalue weighted by atomic mass is 32.2. The molecule has 1 N–H and O–H groups in total. The van der Waals surface area contributed by atoms with Gasteiger partial charge in [-0.3, -0.25) is 0 Å². The summed E-state index contributed by atoms with van der Waals surface area (Å²) in [5.41, 5.74) is 2.44. The average molecular weight is 253 g/mol. The lowest BCUT2D eigenvalue weighted by molar-refractivity contribution is 0.0700. The summed E-state index contributed by atoms with van der Waals surface area (Å²) < 4.78 is 5.56. The van der Waals surface area contributed by atoms with Crippen molar-refractivity contribution in [2.45, 2.75) is 38.4 Å². The van der Waals surface area contributed by atoms with Crippen LogP contribution < -0.4 is 5.32 Å². The standard InChI is InChI=1S/C12H19N3OS/c1-4-13-12-9-6-17-7-10(9)14-11(15-12)8(3)16-5-2/h8H,4-7H2,1-3H3,(H,13,14,15). The fourth-order valence-electron chi connectivity index (χ4n) is 1.89. The van der Waals surface area contributed by atoms with E-state index in [0.29, 0.717) is 6.61 Å². The highest BCUT2D eigenvalue weighted by molar-refractivity contribution is 7.98. The van der Waals surface area contributed by atoms with Crippen LogP contribution in [0.1, 0.15) is 44.0 Å². The van der Waals surface area contributed by atoms with E-state index in [-0.39, 0.29) is 6.10 Å². The Bertz CT molecular complexity index is 398. The fraction of sp³-hybridized carbons (Fsp3) is 0.667. The number of hydrogen-bond acceptors (Lipinski definition) is 5. The molecule has 1 aromatic rings. The van der Waals surface area contributed by atoms with Crippen LogP contribution in [0, 0.1) is 0 Å². The van der Waals surface area contributed by atoms with Gasteiger partial charge in [-0.25, -0.2) is 9.97 Å². The van der Waals surface area contributed by atoms with Gasteiger partial charge in [-0.05, 0) is 20.8 Å². The minimum absolute atomic E-state index is 0.0340. The molecule has 1 aromatic heterocycles. The van der Waals surface area contributed by atoms with Gasteiger partial charge in [0.25, 0.3) is 0 Å². The second-order valence-electron chi connectivity index (χ2n) is 3.98. The van der Waals surface area contributed by atoms with Gasteiger partial charge in [0, 0.05) is 30.2 Å². The molecule has 0 spiro atoms. The average Bonchev–Trinajstić information content (AvgIpc) is 2.78. The van der Waals surface area contributed by atoms with Crippen LogP contribution in [0.25, 0.3) is 0 Å². The van der Waals surface area contributed by atoms with Crippen molar-refractivity contribution in [1.29, 1.82) is 0 Å². The molecule has 1 atom stereocenters. The van der Waals surface area contributed by atoms with Crippen molar-refractivity contribution in [2.75, 3.05) is 18.5 Å². The molecule has 0 bridgehead atoms. The summed E-state index contributed by atoms with van der Waals surface area (Å²) in [4.78, 5) is 9.21. The van der Waals surface area contributed by atoms with Crippen molar-refractivity contribution >= 4 is 17.6 Å². The Labute approximate surface area is 107 Å². The van der Waals surface area contributed by atoms with Gasteiger partial charge in [0.15, 0.2) is 5.82 Å². The van der Waals surface area contributed by atoms with Gasteiger partial charge in [0.2, 0.25) is 0 Å². The van der Waals surface area contributed by atoms with Crippen LogP contribution >= 0.6 is 11.8 Å². The summed E-state index contributed by atoms with van der Waals surface area (Å²) in [6, 6.07) is 0. The predicted molar refractivity (Wildman–Crippen MR) is 71.2 cm³/mol. The van der Waals surface area contributed by atoms with Crippen molar-refractivity contribution in [3.05, 3.63) is 17.1 Å². The summed E-state index contributed by atoms with van der Waals surface area (Å²) >= 11 is 1.89. The second-order valence-corrected chi connectivity index (χ2v) is 4.96. The number of aromatic nitrogens is 2. The Balaban J connectivity index is 2.32. The summed E-state index contributed by atoms with van der Waals surface area (Å²) in [5.74, 6) is 3.79. The summed E-state index contributed by atoms with van der Waals surface area (Å²) in [6.07, 6.45) is -0.0340. The maximum Gasteiger partial charge on any atom is 0.159 e. The molecule has 17 heavy (non-hydrogen) atoms. The first kappa shape index (κ1) is 12.6. The number of rotatable bonds is 5. The van der Waals surface area contributed by atoms with Crippen molar-refractivity contribution < 1.29 is 4.74 Å². The lowest BCUT2D eigenvalue weighted by Crippen LogP contribution is -2.12. The van der Waals surface area contributed by atoms with Crippen molar-refractivity contribution in [3.8, 4) is 0 Å². The van der Waals surface area contributed by atoms with E-state index in [4.69, 9.17) is 4.74 Å². The monoisotopic (exact) mass is 253 g/mol. The molecule has 94 valence electrons. The predicted octanol–water partition coefficient (Wildman–Crippen LogP) is 2.75. The van der Waals surface area contributed by atoms with Crippen molar-refractivity contribution in [1.82, 2.24) is 9.97 Å². The zero-order valence-corrected chi connectivity index (χ0v) is 11.4. The van der Waals surface area contributed by atoms with E-state index in [1.807, 2.05) is 25.6 Å². The molecule has 4 nitrogen and oxygen atoms in total. The largest absolute Gasteiger partial charge is 0.371 e. The Hall–Kier alpha value is -0.810. The van der Waals surface area contributed by atoms with Gasteiger partial charge in [0.05, 0.1) is 5.69 Å². The van der Waals surface area contributed by atoms with E-state index >= 15 is 0 Å². The first-order valence-corrected chi connectivity index (χ1v) is 7.24. The zero-order valence-electron chi connectivity index (χ0n) is 10.6. The molecule has 1 aliphatic rings. The molecule has 0 amide bonds. The first-order valence-electron chi connectivity index (χ1n) is 6.09. The number of thioether (sulfide) groups is 1. The molecular weight excluding hydrogens is 234 g/mol. The molecule has 0 radical (unpaired) electrons. The second kappa shape index (κ2) is 5.69. The summed E-state index contributed by atoms with van der Waals surface area (Å²) in [6.45, 7) is 7.65. The minimum Gasteiger partial charge on any atom is -0.371 e. The molecule has 1 aliphatic heterocycles. The molecule has 5 heteroatoms. The van der Waals surface area contributed by atoms with Crippen molar-refractivity contribution in [2.24, 2.45) is 0 Å². The minimum atomic E-state index is -0.0340. The van der Waals surface area contributed by atoms with E-state index in [0.717, 1.165) is 29.7 Å². The van der Waals surface area contributed by atoms with E-state index in [2.05, 4.69) is 22.2 Å². The van der Waals surface area contributed by atoms with Gasteiger partial charge < -0.3 is 10.1 Å². The van der Waals surface area contributed by atoms with Gasteiger partial charge >= 0.3 is 0 Å². The third-order valence-corrected chi connectivity index (χ3v) is 3.69. The van der Waals surface area contributed by atoms with Crippen LogP contribution in [-0.2, 0) is 16.2 Å². The number of anilines is 1. The molecular formula is C12H19N3OS. The van der Waals surface area contributed by atoms with E-state index < -0.39 is 0 Å². The van der Waals surface area contributed by atoms with Crippen LogP contribution in [0.15, 0.2) is 0 Å². The van der Waals surface area contributed by atoms with Crippen LogP contribution in [0.2, 0.25) is 0 Å². The Morgan fingerprint density at radius 1 is 1.35 bits per heavy atom. The SMILES string of the molecule is CCNc1nc(C(C)OCC)nc2c1CSC2. The maximum atomic E-state index is 5.56. The zero-order chi connectivity index (χ0) is 12.3. The van der Waals surface area contributed by atoms with E-state index in [1.54, 1.807) is 0 Å². The molecule has 2 rings (SSSR count). The summed E-state index contributed by atoms with van der Waals surface area (Å²) in [7, 11) is 0. The topological polar surface area (TPSA) is 47.0 Å². The van der Waals surface area contributed by atoms with Crippen LogP contribution in [-0.4, -0.2) is 23.1 Å². The van der Waals surface area contributed by atoms with Crippen LogP contribution in [0.5, 0.6) is 0 Å². The van der Waals surface area contributed by atoms with Crippen molar-refractivity contribution in [3.63, 3.8) is 0 Å². The maximum absolute atomic E-state index is 5.56. The quantitative estimate of drug-likeness (QED) is 0.874. The normalized spacial score (nSPS) is 15.7. The highest BCUT2D eigenvalue weighted by Gasteiger charge is 2.21. The molecule has 2 heterocycles. The van der Waals surface area contributed by atoms with E-state index in [1.165, 1.54) is 11.3 Å². The van der Waals surface area contributed by atoms with Gasteiger partial charge in [-0.2, -0.15) is 11.8 Å². The fourth-order valence-corrected chi connectivity index (χ4v) is 2.93. The third-order valence-electron chi connectivity index (χ3n) is 2.72. The number of nitrogens with zero attached hydrogens (tertiary/aromatic N) is 2. The van der Waals surface area contributed by atoms with Gasteiger partial charge in [0.1, 0.15) is 11.9 Å².